The van der Waals surface area contributed by atoms with E-state index in [0.717, 1.165) is 33.1 Å². The van der Waals surface area contributed by atoms with Gasteiger partial charge in [0.1, 0.15) is 5.75 Å². The number of hydrogen-bond donors (Lipinski definition) is 0. The summed E-state index contributed by atoms with van der Waals surface area (Å²) in [5.41, 5.74) is 2.22. The summed E-state index contributed by atoms with van der Waals surface area (Å²) >= 11 is 7.57. The SMILES string of the molecule is CCOc1ccc(-c2nnc(SCc3ccc(Cl)cc3)n2C)cc1. The summed E-state index contributed by atoms with van der Waals surface area (Å²) in [4.78, 5) is 0. The van der Waals surface area contributed by atoms with Crippen LogP contribution >= 0.6 is 23.4 Å². The Hall–Kier alpha value is -1.98. The maximum absolute atomic E-state index is 5.91. The van der Waals surface area contributed by atoms with E-state index in [4.69, 9.17) is 16.3 Å². The average Bonchev–Trinajstić information content (AvgIpc) is 2.96. The summed E-state index contributed by atoms with van der Waals surface area (Å²) in [5, 5.41) is 10.3. The zero-order valence-electron chi connectivity index (χ0n) is 13.6. The molecule has 0 N–H and O–H groups in total. The van der Waals surface area contributed by atoms with Crippen LogP contribution in [-0.4, -0.2) is 21.4 Å². The zero-order chi connectivity index (χ0) is 16.9. The van der Waals surface area contributed by atoms with Crippen molar-refractivity contribution >= 4 is 23.4 Å². The number of hydrogen-bond acceptors (Lipinski definition) is 4. The molecule has 0 atom stereocenters. The fourth-order valence-corrected chi connectivity index (χ4v) is 3.28. The van der Waals surface area contributed by atoms with Crippen molar-refractivity contribution in [3.8, 4) is 17.1 Å². The lowest BCUT2D eigenvalue weighted by Gasteiger charge is -2.06. The molecule has 0 bridgehead atoms. The van der Waals surface area contributed by atoms with E-state index in [1.165, 1.54) is 5.56 Å². The van der Waals surface area contributed by atoms with Gasteiger partial charge in [-0.25, -0.2) is 0 Å². The van der Waals surface area contributed by atoms with E-state index in [1.807, 2.05) is 67.1 Å². The zero-order valence-corrected chi connectivity index (χ0v) is 15.1. The quantitative estimate of drug-likeness (QED) is 0.591. The Morgan fingerprint density at radius 1 is 1.04 bits per heavy atom. The summed E-state index contributed by atoms with van der Waals surface area (Å²) in [6, 6.07) is 15.8. The molecule has 0 aliphatic heterocycles. The van der Waals surface area contributed by atoms with Gasteiger partial charge >= 0.3 is 0 Å². The Balaban J connectivity index is 1.72. The molecule has 3 aromatic rings. The van der Waals surface area contributed by atoms with Crippen LogP contribution in [0.4, 0.5) is 0 Å². The van der Waals surface area contributed by atoms with Crippen molar-refractivity contribution in [2.24, 2.45) is 7.05 Å². The van der Waals surface area contributed by atoms with E-state index in [1.54, 1.807) is 11.8 Å². The number of ether oxygens (including phenoxy) is 1. The third kappa shape index (κ3) is 3.91. The van der Waals surface area contributed by atoms with Gasteiger partial charge in [0.2, 0.25) is 0 Å². The molecule has 0 spiro atoms. The lowest BCUT2D eigenvalue weighted by molar-refractivity contribution is 0.340. The highest BCUT2D eigenvalue weighted by Crippen LogP contribution is 2.26. The fourth-order valence-electron chi connectivity index (χ4n) is 2.29. The third-order valence-corrected chi connectivity index (χ3v) is 4.88. The van der Waals surface area contributed by atoms with Gasteiger partial charge in [-0.2, -0.15) is 0 Å². The number of thioether (sulfide) groups is 1. The lowest BCUT2D eigenvalue weighted by Crippen LogP contribution is -1.96. The molecule has 4 nitrogen and oxygen atoms in total. The Morgan fingerprint density at radius 2 is 1.75 bits per heavy atom. The fraction of sp³-hybridized carbons (Fsp3) is 0.222. The Bertz CT molecular complexity index is 800. The van der Waals surface area contributed by atoms with Crippen LogP contribution in [0.1, 0.15) is 12.5 Å². The van der Waals surface area contributed by atoms with Gasteiger partial charge in [-0.1, -0.05) is 35.5 Å². The highest BCUT2D eigenvalue weighted by molar-refractivity contribution is 7.98. The molecular weight excluding hydrogens is 342 g/mol. The first kappa shape index (κ1) is 16.9. The molecule has 6 heteroatoms. The van der Waals surface area contributed by atoms with Gasteiger partial charge in [-0.15, -0.1) is 10.2 Å². The van der Waals surface area contributed by atoms with E-state index < -0.39 is 0 Å². The summed E-state index contributed by atoms with van der Waals surface area (Å²) in [7, 11) is 1.98. The van der Waals surface area contributed by atoms with Crippen molar-refractivity contribution in [3.63, 3.8) is 0 Å². The molecule has 2 aromatic carbocycles. The highest BCUT2D eigenvalue weighted by atomic mass is 35.5. The lowest BCUT2D eigenvalue weighted by atomic mass is 10.2. The minimum Gasteiger partial charge on any atom is -0.494 e. The molecule has 0 saturated heterocycles. The normalized spacial score (nSPS) is 10.8. The van der Waals surface area contributed by atoms with Crippen LogP contribution in [0.25, 0.3) is 11.4 Å². The van der Waals surface area contributed by atoms with Gasteiger partial charge in [0.05, 0.1) is 6.61 Å². The Morgan fingerprint density at radius 3 is 2.42 bits per heavy atom. The molecule has 0 amide bonds. The molecule has 124 valence electrons. The van der Waals surface area contributed by atoms with Crippen molar-refractivity contribution in [1.29, 1.82) is 0 Å². The largest absolute Gasteiger partial charge is 0.494 e. The molecule has 24 heavy (non-hydrogen) atoms. The number of rotatable bonds is 6. The maximum atomic E-state index is 5.91. The average molecular weight is 360 g/mol. The highest BCUT2D eigenvalue weighted by Gasteiger charge is 2.11. The van der Waals surface area contributed by atoms with Crippen LogP contribution in [0, 0.1) is 0 Å². The predicted molar refractivity (Wildman–Crippen MR) is 98.6 cm³/mol. The predicted octanol–water partition coefficient (Wildman–Crippen LogP) is 4.83. The smallest absolute Gasteiger partial charge is 0.191 e. The van der Waals surface area contributed by atoms with E-state index in [-0.39, 0.29) is 0 Å². The third-order valence-electron chi connectivity index (χ3n) is 3.54. The molecule has 3 rings (SSSR count). The van der Waals surface area contributed by atoms with Crippen LogP contribution in [0.3, 0.4) is 0 Å². The molecule has 1 heterocycles. The van der Waals surface area contributed by atoms with Gasteiger partial charge in [-0.3, -0.25) is 0 Å². The number of benzene rings is 2. The van der Waals surface area contributed by atoms with E-state index in [2.05, 4.69) is 10.2 Å². The van der Waals surface area contributed by atoms with Crippen molar-refractivity contribution in [1.82, 2.24) is 14.8 Å². The monoisotopic (exact) mass is 359 g/mol. The Labute approximate surface area is 150 Å². The van der Waals surface area contributed by atoms with Crippen LogP contribution in [0.15, 0.2) is 53.7 Å². The molecule has 0 aliphatic rings. The van der Waals surface area contributed by atoms with E-state index >= 15 is 0 Å². The van der Waals surface area contributed by atoms with E-state index in [0.29, 0.717) is 6.61 Å². The number of aromatic nitrogens is 3. The van der Waals surface area contributed by atoms with Gasteiger partial charge < -0.3 is 9.30 Å². The molecule has 0 fully saturated rings. The first-order valence-electron chi connectivity index (χ1n) is 7.67. The van der Waals surface area contributed by atoms with Gasteiger partial charge in [0.25, 0.3) is 0 Å². The molecular formula is C18H18ClN3OS. The van der Waals surface area contributed by atoms with Crippen molar-refractivity contribution in [3.05, 3.63) is 59.1 Å². The first-order chi connectivity index (χ1) is 11.7. The Kier molecular flexibility index (Phi) is 5.43. The van der Waals surface area contributed by atoms with Crippen LogP contribution in [0.5, 0.6) is 5.75 Å². The minimum atomic E-state index is 0.662. The summed E-state index contributed by atoms with van der Waals surface area (Å²) in [6.07, 6.45) is 0. The second-order valence-corrected chi connectivity index (χ2v) is 6.62. The molecule has 0 aliphatic carbocycles. The summed E-state index contributed by atoms with van der Waals surface area (Å²) < 4.78 is 7.48. The topological polar surface area (TPSA) is 39.9 Å². The van der Waals surface area contributed by atoms with Crippen LogP contribution in [0.2, 0.25) is 5.02 Å². The van der Waals surface area contributed by atoms with Crippen LogP contribution < -0.4 is 4.74 Å². The molecule has 0 unspecified atom stereocenters. The standard InChI is InChI=1S/C18H18ClN3OS/c1-3-23-16-10-6-14(7-11-16)17-20-21-18(22(17)2)24-12-13-4-8-15(19)9-5-13/h4-11H,3,12H2,1-2H3. The summed E-state index contributed by atoms with van der Waals surface area (Å²) in [5.74, 6) is 2.53. The molecule has 1 aromatic heterocycles. The van der Waals surface area contributed by atoms with Crippen molar-refractivity contribution < 1.29 is 4.74 Å². The second-order valence-electron chi connectivity index (χ2n) is 5.24. The van der Waals surface area contributed by atoms with E-state index in [9.17, 15) is 0 Å². The van der Waals surface area contributed by atoms with Crippen molar-refractivity contribution in [2.45, 2.75) is 17.8 Å². The minimum absolute atomic E-state index is 0.662. The van der Waals surface area contributed by atoms with Crippen molar-refractivity contribution in [2.75, 3.05) is 6.61 Å². The molecule has 0 radical (unpaired) electrons. The summed E-state index contributed by atoms with van der Waals surface area (Å²) in [6.45, 7) is 2.63. The number of halogens is 1. The molecule has 0 saturated carbocycles. The second kappa shape index (κ2) is 7.73. The van der Waals surface area contributed by atoms with Gasteiger partial charge in [-0.05, 0) is 48.9 Å². The van der Waals surface area contributed by atoms with Crippen LogP contribution in [-0.2, 0) is 12.8 Å². The van der Waals surface area contributed by atoms with Gasteiger partial charge in [0, 0.05) is 23.4 Å². The van der Waals surface area contributed by atoms with Gasteiger partial charge in [0.15, 0.2) is 11.0 Å². The first-order valence-corrected chi connectivity index (χ1v) is 9.03. The maximum Gasteiger partial charge on any atom is 0.191 e. The number of nitrogens with zero attached hydrogens (tertiary/aromatic N) is 3.